The van der Waals surface area contributed by atoms with E-state index in [1.54, 1.807) is 0 Å². The van der Waals surface area contributed by atoms with Crippen molar-refractivity contribution in [2.24, 2.45) is 0 Å². The fourth-order valence-corrected chi connectivity index (χ4v) is 2.46. The Morgan fingerprint density at radius 3 is 2.59 bits per heavy atom. The fraction of sp³-hybridized carbons (Fsp3) is 0.467. The lowest BCUT2D eigenvalue weighted by atomic mass is 9.89. The fourth-order valence-electron chi connectivity index (χ4n) is 2.46. The first kappa shape index (κ1) is 12.0. The minimum absolute atomic E-state index is 0.0228. The van der Waals surface area contributed by atoms with Crippen LogP contribution in [0, 0.1) is 6.92 Å². The highest BCUT2D eigenvalue weighted by Crippen LogP contribution is 2.38. The summed E-state index contributed by atoms with van der Waals surface area (Å²) < 4.78 is 5.60. The number of hydrogen-bond donors (Lipinski definition) is 1. The van der Waals surface area contributed by atoms with E-state index in [9.17, 15) is 0 Å². The van der Waals surface area contributed by atoms with Gasteiger partial charge in [-0.1, -0.05) is 6.08 Å². The summed E-state index contributed by atoms with van der Waals surface area (Å²) in [5.74, 6) is 0.956. The van der Waals surface area contributed by atoms with Crippen LogP contribution in [0.3, 0.4) is 0 Å². The monoisotopic (exact) mass is 231 g/mol. The quantitative estimate of drug-likeness (QED) is 0.830. The zero-order chi connectivity index (χ0) is 12.6. The van der Waals surface area contributed by atoms with Crippen molar-refractivity contribution in [3.8, 4) is 5.75 Å². The Labute approximate surface area is 104 Å². The van der Waals surface area contributed by atoms with E-state index in [1.807, 2.05) is 6.92 Å². The van der Waals surface area contributed by atoms with Crippen molar-refractivity contribution in [3.63, 3.8) is 0 Å². The van der Waals surface area contributed by atoms with Crippen molar-refractivity contribution in [1.82, 2.24) is 0 Å². The smallest absolute Gasteiger partial charge is 0.120 e. The van der Waals surface area contributed by atoms with E-state index >= 15 is 0 Å². The molecule has 92 valence electrons. The maximum absolute atomic E-state index is 5.60. The number of rotatable bonds is 2. The molecule has 2 nitrogen and oxygen atoms in total. The van der Waals surface area contributed by atoms with Crippen molar-refractivity contribution in [1.29, 1.82) is 0 Å². The summed E-state index contributed by atoms with van der Waals surface area (Å²) in [6, 6.07) is 4.23. The second-order valence-electron chi connectivity index (χ2n) is 5.27. The van der Waals surface area contributed by atoms with Crippen LogP contribution in [0.5, 0.6) is 5.75 Å². The van der Waals surface area contributed by atoms with Crippen LogP contribution in [0.1, 0.15) is 38.8 Å². The molecule has 1 aromatic carbocycles. The Morgan fingerprint density at radius 2 is 1.94 bits per heavy atom. The van der Waals surface area contributed by atoms with Crippen LogP contribution in [0.2, 0.25) is 0 Å². The molecule has 0 radical (unpaired) electrons. The summed E-state index contributed by atoms with van der Waals surface area (Å²) in [6.07, 6.45) is 2.27. The van der Waals surface area contributed by atoms with Gasteiger partial charge in [-0.15, -0.1) is 0 Å². The van der Waals surface area contributed by atoms with Crippen LogP contribution in [-0.4, -0.2) is 12.1 Å². The molecule has 1 N–H and O–H groups in total. The predicted molar refractivity (Wildman–Crippen MR) is 73.7 cm³/mol. The highest BCUT2D eigenvalue weighted by molar-refractivity contribution is 5.82. The highest BCUT2D eigenvalue weighted by atomic mass is 16.5. The van der Waals surface area contributed by atoms with Gasteiger partial charge in [0.05, 0.1) is 12.1 Å². The molecule has 0 fully saturated rings. The molecule has 1 aliphatic heterocycles. The second kappa shape index (κ2) is 4.10. The van der Waals surface area contributed by atoms with E-state index in [-0.39, 0.29) is 5.54 Å². The summed E-state index contributed by atoms with van der Waals surface area (Å²) in [5.41, 5.74) is 5.07. The summed E-state index contributed by atoms with van der Waals surface area (Å²) >= 11 is 0. The molecule has 0 aromatic heterocycles. The molecule has 0 bridgehead atoms. The number of ether oxygens (including phenoxy) is 1. The maximum atomic E-state index is 5.60. The molecule has 0 unspecified atom stereocenters. The van der Waals surface area contributed by atoms with Crippen LogP contribution in [0.4, 0.5) is 5.69 Å². The zero-order valence-electron chi connectivity index (χ0n) is 11.3. The first-order valence-electron chi connectivity index (χ1n) is 6.18. The van der Waals surface area contributed by atoms with Crippen LogP contribution in [0.15, 0.2) is 18.2 Å². The first-order chi connectivity index (χ1) is 7.93. The normalized spacial score (nSPS) is 16.9. The summed E-state index contributed by atoms with van der Waals surface area (Å²) in [5, 5.41) is 3.57. The number of fused-ring (bicyclic) bond motifs is 1. The van der Waals surface area contributed by atoms with Crippen molar-refractivity contribution < 1.29 is 4.74 Å². The molecule has 0 amide bonds. The van der Waals surface area contributed by atoms with Gasteiger partial charge in [-0.25, -0.2) is 0 Å². The van der Waals surface area contributed by atoms with Gasteiger partial charge in [0.25, 0.3) is 0 Å². The third kappa shape index (κ3) is 2.31. The molecule has 1 heterocycles. The average Bonchev–Trinajstić information content (AvgIpc) is 2.19. The minimum Gasteiger partial charge on any atom is -0.494 e. The topological polar surface area (TPSA) is 21.3 Å². The van der Waals surface area contributed by atoms with Gasteiger partial charge >= 0.3 is 0 Å². The molecule has 0 spiro atoms. The number of benzene rings is 1. The van der Waals surface area contributed by atoms with Crippen LogP contribution < -0.4 is 10.1 Å². The van der Waals surface area contributed by atoms with E-state index < -0.39 is 0 Å². The molecule has 0 saturated carbocycles. The molecule has 0 aliphatic carbocycles. The predicted octanol–water partition coefficient (Wildman–Crippen LogP) is 4.00. The first-order valence-corrected chi connectivity index (χ1v) is 6.18. The van der Waals surface area contributed by atoms with E-state index in [1.165, 1.54) is 22.4 Å². The van der Waals surface area contributed by atoms with Gasteiger partial charge in [0.2, 0.25) is 0 Å². The maximum Gasteiger partial charge on any atom is 0.120 e. The van der Waals surface area contributed by atoms with Gasteiger partial charge in [0.1, 0.15) is 5.75 Å². The molecular weight excluding hydrogens is 210 g/mol. The van der Waals surface area contributed by atoms with Gasteiger partial charge in [-0.05, 0) is 57.9 Å². The van der Waals surface area contributed by atoms with Gasteiger partial charge in [-0.3, -0.25) is 0 Å². The molecular formula is C15H21NO. The van der Waals surface area contributed by atoms with Crippen LogP contribution in [0.25, 0.3) is 5.57 Å². The SMILES string of the molecule is CCOc1cc(C)c2c(c1)C(C)=CC(C)(C)N2. The van der Waals surface area contributed by atoms with Crippen molar-refractivity contribution in [3.05, 3.63) is 29.3 Å². The Bertz CT molecular complexity index is 472. The van der Waals surface area contributed by atoms with Crippen molar-refractivity contribution in [2.45, 2.75) is 40.2 Å². The zero-order valence-corrected chi connectivity index (χ0v) is 11.3. The average molecular weight is 231 g/mol. The third-order valence-electron chi connectivity index (χ3n) is 3.07. The third-order valence-corrected chi connectivity index (χ3v) is 3.07. The lowest BCUT2D eigenvalue weighted by Crippen LogP contribution is -2.32. The van der Waals surface area contributed by atoms with Gasteiger partial charge < -0.3 is 10.1 Å². The largest absolute Gasteiger partial charge is 0.494 e. The van der Waals surface area contributed by atoms with E-state index in [4.69, 9.17) is 4.74 Å². The van der Waals surface area contributed by atoms with Gasteiger partial charge in [-0.2, -0.15) is 0 Å². The molecule has 17 heavy (non-hydrogen) atoms. The second-order valence-corrected chi connectivity index (χ2v) is 5.27. The lowest BCUT2D eigenvalue weighted by molar-refractivity contribution is 0.340. The molecule has 0 saturated heterocycles. The highest BCUT2D eigenvalue weighted by Gasteiger charge is 2.24. The number of aryl methyl sites for hydroxylation is 1. The molecule has 2 rings (SSSR count). The van der Waals surface area contributed by atoms with Crippen molar-refractivity contribution >= 4 is 11.3 Å². The summed E-state index contributed by atoms with van der Waals surface area (Å²) in [4.78, 5) is 0. The van der Waals surface area contributed by atoms with Crippen molar-refractivity contribution in [2.75, 3.05) is 11.9 Å². The number of anilines is 1. The van der Waals surface area contributed by atoms with Crippen LogP contribution >= 0.6 is 0 Å². The number of allylic oxidation sites excluding steroid dienone is 1. The number of nitrogens with one attached hydrogen (secondary N) is 1. The Balaban J connectivity index is 2.52. The van der Waals surface area contributed by atoms with E-state index in [0.29, 0.717) is 6.61 Å². The molecule has 2 heteroatoms. The Hall–Kier alpha value is -1.44. The summed E-state index contributed by atoms with van der Waals surface area (Å²) in [7, 11) is 0. The van der Waals surface area contributed by atoms with E-state index in [0.717, 1.165) is 5.75 Å². The summed E-state index contributed by atoms with van der Waals surface area (Å²) in [6.45, 7) is 11.4. The Morgan fingerprint density at radius 1 is 1.24 bits per heavy atom. The Kier molecular flexibility index (Phi) is 2.90. The van der Waals surface area contributed by atoms with Gasteiger partial charge in [0, 0.05) is 11.3 Å². The van der Waals surface area contributed by atoms with Gasteiger partial charge in [0.15, 0.2) is 0 Å². The lowest BCUT2D eigenvalue weighted by Gasteiger charge is -2.32. The molecule has 1 aromatic rings. The van der Waals surface area contributed by atoms with E-state index in [2.05, 4.69) is 51.2 Å². The molecule has 0 atom stereocenters. The minimum atomic E-state index is 0.0228. The molecule has 1 aliphatic rings. The number of hydrogen-bond acceptors (Lipinski definition) is 2. The standard InChI is InChI=1S/C15H21NO/c1-6-17-12-7-10(2)14-13(8-12)11(3)9-15(4,5)16-14/h7-9,16H,6H2,1-5H3. The van der Waals surface area contributed by atoms with Crippen LogP contribution in [-0.2, 0) is 0 Å².